The molecule has 0 unspecified atom stereocenters. The summed E-state index contributed by atoms with van der Waals surface area (Å²) in [6.45, 7) is 0.890. The number of fused-ring (bicyclic) bond motifs is 1. The third-order valence-electron chi connectivity index (χ3n) is 2.62. The highest BCUT2D eigenvalue weighted by atomic mass is 16.5. The number of ether oxygens (including phenoxy) is 1. The Balaban J connectivity index is 2.29. The van der Waals surface area contributed by atoms with Crippen molar-refractivity contribution < 1.29 is 9.53 Å². The van der Waals surface area contributed by atoms with Crippen molar-refractivity contribution in [2.45, 2.75) is 6.54 Å². The number of hydrogen-bond acceptors (Lipinski definition) is 4. The Morgan fingerprint density at radius 1 is 1.56 bits per heavy atom. The molecule has 0 aliphatic rings. The number of imidazole rings is 1. The van der Waals surface area contributed by atoms with Crippen molar-refractivity contribution in [2.75, 3.05) is 19.4 Å². The number of carbonyl (C=O) groups is 1. The number of amides is 2. The average Bonchev–Trinajstić information content (AvgIpc) is 2.64. The number of urea groups is 1. The number of primary amides is 1. The van der Waals surface area contributed by atoms with Crippen LogP contribution in [0.15, 0.2) is 18.2 Å². The van der Waals surface area contributed by atoms with Gasteiger partial charge in [0.1, 0.15) is 5.75 Å². The van der Waals surface area contributed by atoms with Gasteiger partial charge < -0.3 is 26.1 Å². The maximum absolute atomic E-state index is 10.6. The van der Waals surface area contributed by atoms with E-state index in [1.54, 1.807) is 11.7 Å². The molecular formula is C11H15N5O2. The number of anilines is 1. The fraction of sp³-hybridized carbons (Fsp3) is 0.273. The summed E-state index contributed by atoms with van der Waals surface area (Å²) in [6.07, 6.45) is 0. The topological polar surface area (TPSA) is 108 Å². The second kappa shape index (κ2) is 4.82. The minimum atomic E-state index is -0.560. The van der Waals surface area contributed by atoms with E-state index in [2.05, 4.69) is 10.3 Å². The Hall–Kier alpha value is -2.44. The van der Waals surface area contributed by atoms with Crippen LogP contribution in [0.25, 0.3) is 11.0 Å². The van der Waals surface area contributed by atoms with E-state index in [1.165, 1.54) is 0 Å². The third kappa shape index (κ3) is 2.29. The maximum atomic E-state index is 10.6. The molecule has 7 heteroatoms. The van der Waals surface area contributed by atoms with Gasteiger partial charge in [0.05, 0.1) is 18.1 Å². The monoisotopic (exact) mass is 249 g/mol. The first-order chi connectivity index (χ1) is 8.61. The van der Waals surface area contributed by atoms with Gasteiger partial charge in [0.2, 0.25) is 5.95 Å². The first-order valence-corrected chi connectivity index (χ1v) is 5.45. The van der Waals surface area contributed by atoms with Crippen LogP contribution in [0, 0.1) is 0 Å². The van der Waals surface area contributed by atoms with Crippen LogP contribution in [0.2, 0.25) is 0 Å². The number of nitrogen functional groups attached to an aromatic ring is 1. The van der Waals surface area contributed by atoms with Gasteiger partial charge in [0.15, 0.2) is 0 Å². The molecule has 2 amide bonds. The van der Waals surface area contributed by atoms with Gasteiger partial charge >= 0.3 is 6.03 Å². The summed E-state index contributed by atoms with van der Waals surface area (Å²) in [4.78, 5) is 14.8. The lowest BCUT2D eigenvalue weighted by Crippen LogP contribution is -2.32. The molecule has 7 nitrogen and oxygen atoms in total. The lowest BCUT2D eigenvalue weighted by molar-refractivity contribution is 0.248. The van der Waals surface area contributed by atoms with E-state index in [0.717, 1.165) is 16.8 Å². The van der Waals surface area contributed by atoms with Gasteiger partial charge in [-0.2, -0.15) is 0 Å². The van der Waals surface area contributed by atoms with Crippen LogP contribution < -0.4 is 21.5 Å². The zero-order valence-electron chi connectivity index (χ0n) is 10.0. The number of nitrogens with one attached hydrogen (secondary N) is 1. The predicted octanol–water partition coefficient (Wildman–Crippen LogP) is 0.295. The molecule has 0 saturated heterocycles. The zero-order chi connectivity index (χ0) is 13.1. The summed E-state index contributed by atoms with van der Waals surface area (Å²) < 4.78 is 6.96. The molecule has 0 bridgehead atoms. The van der Waals surface area contributed by atoms with Crippen molar-refractivity contribution in [2.24, 2.45) is 5.73 Å². The fourth-order valence-electron chi connectivity index (χ4n) is 1.77. The molecular weight excluding hydrogens is 234 g/mol. The summed E-state index contributed by atoms with van der Waals surface area (Å²) >= 11 is 0. The number of rotatable bonds is 4. The highest BCUT2D eigenvalue weighted by Crippen LogP contribution is 2.22. The van der Waals surface area contributed by atoms with Crippen molar-refractivity contribution in [3.63, 3.8) is 0 Å². The fourth-order valence-corrected chi connectivity index (χ4v) is 1.77. The first kappa shape index (κ1) is 12.0. The largest absolute Gasteiger partial charge is 0.497 e. The molecule has 2 aromatic rings. The van der Waals surface area contributed by atoms with E-state index in [0.29, 0.717) is 19.0 Å². The highest BCUT2D eigenvalue weighted by Gasteiger charge is 2.08. The number of methoxy groups -OCH3 is 1. The number of benzene rings is 1. The van der Waals surface area contributed by atoms with Gasteiger partial charge in [0.25, 0.3) is 0 Å². The van der Waals surface area contributed by atoms with Crippen molar-refractivity contribution in [1.82, 2.24) is 14.9 Å². The van der Waals surface area contributed by atoms with Crippen molar-refractivity contribution >= 4 is 23.0 Å². The second-order valence-electron chi connectivity index (χ2n) is 3.77. The van der Waals surface area contributed by atoms with Gasteiger partial charge in [-0.1, -0.05) is 0 Å². The lowest BCUT2D eigenvalue weighted by Gasteiger charge is -2.07. The van der Waals surface area contributed by atoms with Gasteiger partial charge in [-0.3, -0.25) is 0 Å². The smallest absolute Gasteiger partial charge is 0.312 e. The first-order valence-electron chi connectivity index (χ1n) is 5.45. The van der Waals surface area contributed by atoms with E-state index in [-0.39, 0.29) is 0 Å². The number of nitrogens with two attached hydrogens (primary N) is 2. The average molecular weight is 249 g/mol. The molecule has 2 rings (SSSR count). The van der Waals surface area contributed by atoms with Crippen LogP contribution in [0.4, 0.5) is 10.7 Å². The molecule has 0 saturated carbocycles. The van der Waals surface area contributed by atoms with Crippen molar-refractivity contribution in [1.29, 1.82) is 0 Å². The summed E-state index contributed by atoms with van der Waals surface area (Å²) in [5.41, 5.74) is 12.5. The van der Waals surface area contributed by atoms with Gasteiger partial charge in [-0.05, 0) is 12.1 Å². The standard InChI is InChI=1S/C11H15N5O2/c1-18-7-2-3-8-9(6-7)16(10(12)15-8)5-4-14-11(13)17/h2-3,6H,4-5H2,1H3,(H2,12,15)(H3,13,14,17). The minimum absolute atomic E-state index is 0.391. The Labute approximate surface area is 104 Å². The van der Waals surface area contributed by atoms with E-state index in [9.17, 15) is 4.79 Å². The lowest BCUT2D eigenvalue weighted by atomic mass is 10.3. The van der Waals surface area contributed by atoms with Gasteiger partial charge in [-0.15, -0.1) is 0 Å². The summed E-state index contributed by atoms with van der Waals surface area (Å²) in [5.74, 6) is 1.12. The van der Waals surface area contributed by atoms with Crippen LogP contribution in [0.3, 0.4) is 0 Å². The summed E-state index contributed by atoms with van der Waals surface area (Å²) in [6, 6.07) is 4.95. The number of nitrogens with zero attached hydrogens (tertiary/aromatic N) is 2. The van der Waals surface area contributed by atoms with E-state index >= 15 is 0 Å². The maximum Gasteiger partial charge on any atom is 0.312 e. The normalized spacial score (nSPS) is 10.5. The Morgan fingerprint density at radius 3 is 3.00 bits per heavy atom. The molecule has 18 heavy (non-hydrogen) atoms. The SMILES string of the molecule is COc1ccc2nc(N)n(CCNC(N)=O)c2c1. The van der Waals surface area contributed by atoms with Gasteiger partial charge in [0, 0.05) is 19.2 Å². The highest BCUT2D eigenvalue weighted by molar-refractivity contribution is 5.80. The minimum Gasteiger partial charge on any atom is -0.497 e. The molecule has 96 valence electrons. The van der Waals surface area contributed by atoms with E-state index in [4.69, 9.17) is 16.2 Å². The molecule has 0 fully saturated rings. The molecule has 1 heterocycles. The number of aromatic nitrogens is 2. The van der Waals surface area contributed by atoms with Gasteiger partial charge in [-0.25, -0.2) is 9.78 Å². The second-order valence-corrected chi connectivity index (χ2v) is 3.77. The van der Waals surface area contributed by atoms with Crippen LogP contribution >= 0.6 is 0 Å². The van der Waals surface area contributed by atoms with E-state index in [1.807, 2.05) is 18.2 Å². The van der Waals surface area contributed by atoms with E-state index < -0.39 is 6.03 Å². The Bertz CT molecular complexity index is 578. The number of carbonyl (C=O) groups excluding carboxylic acids is 1. The molecule has 0 aliphatic carbocycles. The number of hydrogen-bond donors (Lipinski definition) is 3. The molecule has 1 aromatic carbocycles. The quantitative estimate of drug-likeness (QED) is 0.723. The Morgan fingerprint density at radius 2 is 2.33 bits per heavy atom. The van der Waals surface area contributed by atoms with Crippen LogP contribution in [-0.2, 0) is 6.54 Å². The molecule has 0 aliphatic heterocycles. The summed E-state index contributed by atoms with van der Waals surface area (Å²) in [5, 5.41) is 2.51. The molecule has 0 atom stereocenters. The molecule has 0 spiro atoms. The zero-order valence-corrected chi connectivity index (χ0v) is 10.0. The molecule has 5 N–H and O–H groups in total. The van der Waals surface area contributed by atoms with Crippen molar-refractivity contribution in [3.05, 3.63) is 18.2 Å². The summed E-state index contributed by atoms with van der Waals surface area (Å²) in [7, 11) is 1.60. The third-order valence-corrected chi connectivity index (χ3v) is 2.62. The predicted molar refractivity (Wildman–Crippen MR) is 68.3 cm³/mol. The molecule has 0 radical (unpaired) electrons. The Kier molecular flexibility index (Phi) is 3.22. The van der Waals surface area contributed by atoms with Crippen molar-refractivity contribution in [3.8, 4) is 5.75 Å². The molecule has 1 aromatic heterocycles. The van der Waals surface area contributed by atoms with Crippen LogP contribution in [0.1, 0.15) is 0 Å². The van der Waals surface area contributed by atoms with Crippen LogP contribution in [-0.4, -0.2) is 29.2 Å². The van der Waals surface area contributed by atoms with Crippen LogP contribution in [0.5, 0.6) is 5.75 Å².